The molecule has 1 aromatic heterocycles. The second-order valence-electron chi connectivity index (χ2n) is 5.50. The number of carbonyl (C=O) groups excluding carboxylic acids is 1. The molecule has 1 unspecified atom stereocenters. The average molecular weight is 285 g/mol. The van der Waals surface area contributed by atoms with Gasteiger partial charge in [-0.25, -0.2) is 0 Å². The van der Waals surface area contributed by atoms with E-state index in [9.17, 15) is 9.90 Å². The van der Waals surface area contributed by atoms with E-state index in [0.29, 0.717) is 17.8 Å². The number of rotatable bonds is 1. The highest BCUT2D eigenvalue weighted by molar-refractivity contribution is 5.99. The van der Waals surface area contributed by atoms with Crippen molar-refractivity contribution in [1.29, 1.82) is 0 Å². The minimum atomic E-state index is -0.138. The Morgan fingerprint density at radius 1 is 1.29 bits per heavy atom. The number of hydrogen-bond acceptors (Lipinski definition) is 3. The van der Waals surface area contributed by atoms with Crippen LogP contribution in [0.1, 0.15) is 34.7 Å². The Morgan fingerprint density at radius 3 is 2.81 bits per heavy atom. The molecule has 3 N–H and O–H groups in total. The SMILES string of the molecule is Cc1ccc2n1CCN(C(=O)c1cc(O)ccc1N)C2C. The van der Waals surface area contributed by atoms with Crippen LogP contribution in [0.4, 0.5) is 5.69 Å². The van der Waals surface area contributed by atoms with Gasteiger partial charge in [0.15, 0.2) is 0 Å². The molecule has 0 bridgehead atoms. The molecule has 5 nitrogen and oxygen atoms in total. The van der Waals surface area contributed by atoms with Crippen molar-refractivity contribution in [2.75, 3.05) is 12.3 Å². The number of aromatic nitrogens is 1. The number of aromatic hydroxyl groups is 1. The van der Waals surface area contributed by atoms with Crippen molar-refractivity contribution in [3.05, 3.63) is 47.3 Å². The molecule has 1 amide bonds. The van der Waals surface area contributed by atoms with E-state index in [1.165, 1.54) is 17.8 Å². The third-order valence-electron chi connectivity index (χ3n) is 4.22. The van der Waals surface area contributed by atoms with Crippen LogP contribution in [-0.2, 0) is 6.54 Å². The first-order chi connectivity index (χ1) is 9.99. The van der Waals surface area contributed by atoms with Crippen molar-refractivity contribution in [1.82, 2.24) is 9.47 Å². The van der Waals surface area contributed by atoms with Crippen LogP contribution in [0.25, 0.3) is 0 Å². The van der Waals surface area contributed by atoms with Crippen LogP contribution in [0.3, 0.4) is 0 Å². The molecule has 21 heavy (non-hydrogen) atoms. The lowest BCUT2D eigenvalue weighted by Crippen LogP contribution is -2.41. The lowest BCUT2D eigenvalue weighted by molar-refractivity contribution is 0.0643. The Morgan fingerprint density at radius 2 is 2.05 bits per heavy atom. The minimum Gasteiger partial charge on any atom is -0.508 e. The summed E-state index contributed by atoms with van der Waals surface area (Å²) in [6.45, 7) is 5.50. The summed E-state index contributed by atoms with van der Waals surface area (Å²) in [7, 11) is 0. The monoisotopic (exact) mass is 285 g/mol. The Hall–Kier alpha value is -2.43. The van der Waals surface area contributed by atoms with Gasteiger partial charge in [0, 0.05) is 30.2 Å². The molecule has 1 atom stereocenters. The minimum absolute atomic E-state index is 0.0123. The van der Waals surface area contributed by atoms with Crippen molar-refractivity contribution in [2.45, 2.75) is 26.4 Å². The predicted molar refractivity (Wildman–Crippen MR) is 81.1 cm³/mol. The summed E-state index contributed by atoms with van der Waals surface area (Å²) in [6, 6.07) is 8.60. The van der Waals surface area contributed by atoms with Gasteiger partial charge in [-0.15, -0.1) is 0 Å². The molecule has 1 aliphatic rings. The van der Waals surface area contributed by atoms with Gasteiger partial charge in [-0.1, -0.05) is 0 Å². The molecule has 0 aliphatic carbocycles. The van der Waals surface area contributed by atoms with Gasteiger partial charge in [-0.3, -0.25) is 4.79 Å². The lowest BCUT2D eigenvalue weighted by atomic mass is 10.1. The van der Waals surface area contributed by atoms with Gasteiger partial charge in [0.2, 0.25) is 0 Å². The van der Waals surface area contributed by atoms with Gasteiger partial charge < -0.3 is 20.3 Å². The summed E-state index contributed by atoms with van der Waals surface area (Å²) in [6.07, 6.45) is 0. The largest absolute Gasteiger partial charge is 0.508 e. The maximum atomic E-state index is 12.7. The first kappa shape index (κ1) is 13.5. The molecule has 110 valence electrons. The van der Waals surface area contributed by atoms with E-state index < -0.39 is 0 Å². The third-order valence-corrected chi connectivity index (χ3v) is 4.22. The zero-order valence-corrected chi connectivity index (χ0v) is 12.2. The van der Waals surface area contributed by atoms with Crippen molar-refractivity contribution >= 4 is 11.6 Å². The first-order valence-electron chi connectivity index (χ1n) is 7.04. The van der Waals surface area contributed by atoms with Crippen molar-refractivity contribution in [3.8, 4) is 5.75 Å². The standard InChI is InChI=1S/C16H19N3O2/c1-10-3-6-15-11(2)19(8-7-18(10)15)16(21)13-9-12(20)4-5-14(13)17/h3-6,9,11,20H,7-8,17H2,1-2H3. The fourth-order valence-corrected chi connectivity index (χ4v) is 2.98. The quantitative estimate of drug-likeness (QED) is 0.624. The number of fused-ring (bicyclic) bond motifs is 1. The van der Waals surface area contributed by atoms with Gasteiger partial charge in [-0.05, 0) is 44.2 Å². The van der Waals surface area contributed by atoms with Gasteiger partial charge in [0.25, 0.3) is 5.91 Å². The molecule has 2 heterocycles. The number of aryl methyl sites for hydroxylation is 1. The van der Waals surface area contributed by atoms with E-state index in [1.807, 2.05) is 6.92 Å². The molecular weight excluding hydrogens is 266 g/mol. The highest BCUT2D eigenvalue weighted by Gasteiger charge is 2.29. The molecule has 3 rings (SSSR count). The highest BCUT2D eigenvalue weighted by atomic mass is 16.3. The second kappa shape index (κ2) is 4.84. The molecule has 1 aromatic carbocycles. The number of nitrogens with two attached hydrogens (primary N) is 1. The molecule has 5 heteroatoms. The number of nitrogen functional groups attached to an aromatic ring is 1. The summed E-state index contributed by atoms with van der Waals surface area (Å²) in [5.74, 6) is -0.0857. The summed E-state index contributed by atoms with van der Waals surface area (Å²) < 4.78 is 2.24. The Bertz CT molecular complexity index is 706. The normalized spacial score (nSPS) is 17.6. The lowest BCUT2D eigenvalue weighted by Gasteiger charge is -2.35. The van der Waals surface area contributed by atoms with Gasteiger partial charge in [0.05, 0.1) is 11.6 Å². The topological polar surface area (TPSA) is 71.5 Å². The Kier molecular flexibility index (Phi) is 3.12. The van der Waals surface area contributed by atoms with Crippen LogP contribution in [0.15, 0.2) is 30.3 Å². The molecular formula is C16H19N3O2. The van der Waals surface area contributed by atoms with Crippen molar-refractivity contribution in [3.63, 3.8) is 0 Å². The van der Waals surface area contributed by atoms with Crippen LogP contribution in [0, 0.1) is 6.92 Å². The smallest absolute Gasteiger partial charge is 0.256 e. The zero-order chi connectivity index (χ0) is 15.1. The summed E-state index contributed by atoms with van der Waals surface area (Å²) in [5, 5.41) is 9.58. The van der Waals surface area contributed by atoms with Crippen molar-refractivity contribution < 1.29 is 9.90 Å². The van der Waals surface area contributed by atoms with E-state index in [1.54, 1.807) is 11.0 Å². The Labute approximate surface area is 123 Å². The molecule has 0 saturated carbocycles. The van der Waals surface area contributed by atoms with Crippen molar-refractivity contribution in [2.24, 2.45) is 0 Å². The number of amides is 1. The Balaban J connectivity index is 1.95. The molecule has 0 saturated heterocycles. The number of phenols is 1. The number of anilines is 1. The van der Waals surface area contributed by atoms with Crippen LogP contribution in [0.2, 0.25) is 0 Å². The second-order valence-corrected chi connectivity index (χ2v) is 5.50. The fraction of sp³-hybridized carbons (Fsp3) is 0.312. The number of carbonyl (C=O) groups is 1. The highest BCUT2D eigenvalue weighted by Crippen LogP contribution is 2.30. The van der Waals surface area contributed by atoms with Crippen LogP contribution in [-0.4, -0.2) is 27.0 Å². The number of hydrogen-bond donors (Lipinski definition) is 2. The van der Waals surface area contributed by atoms with E-state index in [-0.39, 0.29) is 17.7 Å². The summed E-state index contributed by atoms with van der Waals surface area (Å²) >= 11 is 0. The van der Waals surface area contributed by atoms with E-state index in [0.717, 1.165) is 12.2 Å². The summed E-state index contributed by atoms with van der Waals surface area (Å²) in [4.78, 5) is 14.5. The van der Waals surface area contributed by atoms with E-state index in [2.05, 4.69) is 23.6 Å². The average Bonchev–Trinajstić information content (AvgIpc) is 2.84. The van der Waals surface area contributed by atoms with E-state index >= 15 is 0 Å². The summed E-state index contributed by atoms with van der Waals surface area (Å²) in [5.41, 5.74) is 8.97. The van der Waals surface area contributed by atoms with Crippen LogP contribution in [0.5, 0.6) is 5.75 Å². The number of benzene rings is 1. The van der Waals surface area contributed by atoms with Gasteiger partial charge in [-0.2, -0.15) is 0 Å². The fourth-order valence-electron chi connectivity index (χ4n) is 2.98. The number of phenolic OH excluding ortho intramolecular Hbond substituents is 1. The zero-order valence-electron chi connectivity index (χ0n) is 12.2. The van der Waals surface area contributed by atoms with Crippen LogP contribution >= 0.6 is 0 Å². The van der Waals surface area contributed by atoms with Gasteiger partial charge >= 0.3 is 0 Å². The van der Waals surface area contributed by atoms with Crippen LogP contribution < -0.4 is 5.73 Å². The molecule has 2 aromatic rings. The maximum absolute atomic E-state index is 12.7. The molecule has 0 radical (unpaired) electrons. The molecule has 0 fully saturated rings. The predicted octanol–water partition coefficient (Wildman–Crippen LogP) is 2.30. The van der Waals surface area contributed by atoms with Gasteiger partial charge in [0.1, 0.15) is 5.75 Å². The van der Waals surface area contributed by atoms with E-state index in [4.69, 9.17) is 5.73 Å². The molecule has 0 spiro atoms. The molecule has 1 aliphatic heterocycles. The number of nitrogens with zero attached hydrogens (tertiary/aromatic N) is 2. The third kappa shape index (κ3) is 2.14. The first-order valence-corrected chi connectivity index (χ1v) is 7.04. The maximum Gasteiger partial charge on any atom is 0.256 e.